The van der Waals surface area contributed by atoms with Crippen molar-refractivity contribution in [3.8, 4) is 0 Å². The van der Waals surface area contributed by atoms with Gasteiger partial charge >= 0.3 is 0 Å². The van der Waals surface area contributed by atoms with Crippen molar-refractivity contribution in [2.24, 2.45) is 7.05 Å². The van der Waals surface area contributed by atoms with Gasteiger partial charge in [0, 0.05) is 19.8 Å². The second kappa shape index (κ2) is 6.87. The Balaban J connectivity index is 1.69. The van der Waals surface area contributed by atoms with E-state index in [9.17, 15) is 0 Å². The van der Waals surface area contributed by atoms with Gasteiger partial charge in [-0.1, -0.05) is 30.3 Å². The third kappa shape index (κ3) is 3.52. The van der Waals surface area contributed by atoms with Gasteiger partial charge in [0.05, 0.1) is 12.3 Å². The highest BCUT2D eigenvalue weighted by Gasteiger charge is 2.19. The van der Waals surface area contributed by atoms with E-state index in [0.29, 0.717) is 0 Å². The lowest BCUT2D eigenvalue weighted by molar-refractivity contribution is 0.0598. The van der Waals surface area contributed by atoms with Crippen LogP contribution < -0.4 is 0 Å². The molecule has 0 radical (unpaired) electrons. The van der Waals surface area contributed by atoms with E-state index in [4.69, 9.17) is 4.74 Å². The number of hydrogen-bond donors (Lipinski definition) is 0. The van der Waals surface area contributed by atoms with Crippen molar-refractivity contribution in [1.29, 1.82) is 0 Å². The van der Waals surface area contributed by atoms with E-state index >= 15 is 0 Å². The largest absolute Gasteiger partial charge is 0.366 e. The van der Waals surface area contributed by atoms with Crippen molar-refractivity contribution in [3.63, 3.8) is 0 Å². The number of nitrogens with zero attached hydrogens (tertiary/aromatic N) is 3. The van der Waals surface area contributed by atoms with E-state index in [1.165, 1.54) is 31.5 Å². The van der Waals surface area contributed by atoms with Gasteiger partial charge in [0.2, 0.25) is 0 Å². The predicted octanol–water partition coefficient (Wildman–Crippen LogP) is 2.62. The van der Waals surface area contributed by atoms with Crippen LogP contribution in [0.2, 0.25) is 0 Å². The van der Waals surface area contributed by atoms with Gasteiger partial charge in [-0.3, -0.25) is 4.68 Å². The fraction of sp³-hybridized carbons (Fsp3) is 0.471. The number of ether oxygens (including phenoxy) is 1. The molecule has 4 heteroatoms. The van der Waals surface area contributed by atoms with E-state index in [2.05, 4.69) is 34.3 Å². The highest BCUT2D eigenvalue weighted by molar-refractivity contribution is 5.25. The maximum absolute atomic E-state index is 6.21. The Labute approximate surface area is 126 Å². The van der Waals surface area contributed by atoms with E-state index in [-0.39, 0.29) is 6.10 Å². The summed E-state index contributed by atoms with van der Waals surface area (Å²) < 4.78 is 8.11. The first-order chi connectivity index (χ1) is 10.3. The minimum absolute atomic E-state index is 0.0405. The Kier molecular flexibility index (Phi) is 4.68. The number of hydrogen-bond acceptors (Lipinski definition) is 3. The summed E-state index contributed by atoms with van der Waals surface area (Å²) in [6, 6.07) is 12.4. The Bertz CT molecular complexity index is 546. The molecule has 21 heavy (non-hydrogen) atoms. The number of aryl methyl sites for hydroxylation is 1. The molecule has 0 amide bonds. The number of rotatable bonds is 6. The molecule has 1 fully saturated rings. The topological polar surface area (TPSA) is 30.3 Å². The number of likely N-dealkylation sites (tertiary alicyclic amines) is 1. The van der Waals surface area contributed by atoms with Gasteiger partial charge in [0.25, 0.3) is 0 Å². The molecule has 0 bridgehead atoms. The van der Waals surface area contributed by atoms with E-state index in [1.807, 2.05) is 30.1 Å². The van der Waals surface area contributed by atoms with Crippen LogP contribution in [0.15, 0.2) is 42.6 Å². The van der Waals surface area contributed by atoms with E-state index in [0.717, 1.165) is 18.8 Å². The van der Waals surface area contributed by atoms with Gasteiger partial charge in [0.1, 0.15) is 6.10 Å². The lowest BCUT2D eigenvalue weighted by Gasteiger charge is -2.21. The summed E-state index contributed by atoms with van der Waals surface area (Å²) in [7, 11) is 1.97. The first-order valence-corrected chi connectivity index (χ1v) is 7.71. The summed E-state index contributed by atoms with van der Waals surface area (Å²) in [5, 5.41) is 4.27. The monoisotopic (exact) mass is 285 g/mol. The van der Waals surface area contributed by atoms with Crippen LogP contribution >= 0.6 is 0 Å². The molecule has 0 aliphatic carbocycles. The summed E-state index contributed by atoms with van der Waals surface area (Å²) in [5.41, 5.74) is 2.28. The molecule has 112 valence electrons. The molecule has 1 aliphatic heterocycles. The van der Waals surface area contributed by atoms with Gasteiger partial charge in [-0.15, -0.1) is 0 Å². The van der Waals surface area contributed by atoms with Crippen LogP contribution in [0.3, 0.4) is 0 Å². The van der Waals surface area contributed by atoms with Crippen molar-refractivity contribution in [2.45, 2.75) is 18.9 Å². The second-order valence-electron chi connectivity index (χ2n) is 5.59. The van der Waals surface area contributed by atoms with Crippen molar-refractivity contribution >= 4 is 0 Å². The van der Waals surface area contributed by atoms with E-state index < -0.39 is 0 Å². The van der Waals surface area contributed by atoms with Crippen molar-refractivity contribution < 1.29 is 4.74 Å². The first-order valence-electron chi connectivity index (χ1n) is 7.71. The molecule has 1 atom stereocenters. The molecule has 1 saturated heterocycles. The van der Waals surface area contributed by atoms with Gasteiger partial charge < -0.3 is 9.64 Å². The average Bonchev–Trinajstić information content (AvgIpc) is 3.16. The zero-order valence-electron chi connectivity index (χ0n) is 12.6. The Morgan fingerprint density at radius 1 is 1.14 bits per heavy atom. The summed E-state index contributed by atoms with van der Waals surface area (Å²) in [4.78, 5) is 2.48. The summed E-state index contributed by atoms with van der Waals surface area (Å²) in [5.74, 6) is 0. The van der Waals surface area contributed by atoms with Crippen LogP contribution in [-0.2, 0) is 11.8 Å². The zero-order valence-corrected chi connectivity index (χ0v) is 12.6. The SMILES string of the molecule is Cn1nccc1C(OCCN1CCCC1)c1ccccc1. The van der Waals surface area contributed by atoms with E-state index in [1.54, 1.807) is 0 Å². The molecule has 0 saturated carbocycles. The molecule has 4 nitrogen and oxygen atoms in total. The summed E-state index contributed by atoms with van der Waals surface area (Å²) in [6.45, 7) is 4.20. The second-order valence-corrected chi connectivity index (χ2v) is 5.59. The minimum atomic E-state index is -0.0405. The van der Waals surface area contributed by atoms with Gasteiger partial charge in [-0.05, 0) is 37.6 Å². The zero-order chi connectivity index (χ0) is 14.5. The molecule has 0 N–H and O–H groups in total. The highest BCUT2D eigenvalue weighted by Crippen LogP contribution is 2.25. The Morgan fingerprint density at radius 3 is 2.57 bits per heavy atom. The molecule has 2 aromatic rings. The van der Waals surface area contributed by atoms with Gasteiger partial charge in [-0.25, -0.2) is 0 Å². The minimum Gasteiger partial charge on any atom is -0.366 e. The van der Waals surface area contributed by atoms with Crippen LogP contribution in [0.25, 0.3) is 0 Å². The molecular formula is C17H23N3O. The smallest absolute Gasteiger partial charge is 0.124 e. The van der Waals surface area contributed by atoms with Gasteiger partial charge in [0.15, 0.2) is 0 Å². The highest BCUT2D eigenvalue weighted by atomic mass is 16.5. The van der Waals surface area contributed by atoms with Crippen molar-refractivity contribution in [1.82, 2.24) is 14.7 Å². The molecular weight excluding hydrogens is 262 g/mol. The number of aromatic nitrogens is 2. The lowest BCUT2D eigenvalue weighted by atomic mass is 10.1. The molecule has 1 aromatic carbocycles. The lowest BCUT2D eigenvalue weighted by Crippen LogP contribution is -2.25. The maximum atomic E-state index is 6.21. The number of benzene rings is 1. The standard InChI is InChI=1S/C17H23N3O/c1-19-16(9-10-18-19)17(15-7-3-2-4-8-15)21-14-13-20-11-5-6-12-20/h2-4,7-10,17H,5-6,11-14H2,1H3. The molecule has 2 heterocycles. The quantitative estimate of drug-likeness (QED) is 0.817. The molecule has 1 aliphatic rings. The Hall–Kier alpha value is -1.65. The van der Waals surface area contributed by atoms with Crippen LogP contribution in [0.1, 0.15) is 30.2 Å². The van der Waals surface area contributed by atoms with Crippen molar-refractivity contribution in [3.05, 3.63) is 53.9 Å². The van der Waals surface area contributed by atoms with Crippen LogP contribution in [0.4, 0.5) is 0 Å². The average molecular weight is 285 g/mol. The third-order valence-electron chi connectivity index (χ3n) is 4.12. The van der Waals surface area contributed by atoms with Gasteiger partial charge in [-0.2, -0.15) is 5.10 Å². The van der Waals surface area contributed by atoms with Crippen LogP contribution in [0.5, 0.6) is 0 Å². The first kappa shape index (κ1) is 14.3. The third-order valence-corrected chi connectivity index (χ3v) is 4.12. The Morgan fingerprint density at radius 2 is 1.90 bits per heavy atom. The van der Waals surface area contributed by atoms with Crippen LogP contribution in [0, 0.1) is 0 Å². The summed E-state index contributed by atoms with van der Waals surface area (Å²) in [6.07, 6.45) is 4.43. The molecule has 3 rings (SSSR count). The molecule has 1 unspecified atom stereocenters. The maximum Gasteiger partial charge on any atom is 0.124 e. The predicted molar refractivity (Wildman–Crippen MR) is 83.1 cm³/mol. The molecule has 1 aromatic heterocycles. The summed E-state index contributed by atoms with van der Waals surface area (Å²) >= 11 is 0. The molecule has 0 spiro atoms. The fourth-order valence-corrected chi connectivity index (χ4v) is 2.93. The fourth-order valence-electron chi connectivity index (χ4n) is 2.93. The van der Waals surface area contributed by atoms with Crippen molar-refractivity contribution in [2.75, 3.05) is 26.2 Å². The normalized spacial score (nSPS) is 17.2. The van der Waals surface area contributed by atoms with Crippen LogP contribution in [-0.4, -0.2) is 40.9 Å².